The summed E-state index contributed by atoms with van der Waals surface area (Å²) < 4.78 is 1.01. The number of nitrogens with zero attached hydrogens (tertiary/aromatic N) is 1. The first-order chi connectivity index (χ1) is 8.69. The SMILES string of the molecule is CCCCN(CCCC)C(=O)c1ccc(Br)cc1. The Morgan fingerprint density at radius 2 is 1.56 bits per heavy atom. The lowest BCUT2D eigenvalue weighted by molar-refractivity contribution is 0.0751. The average Bonchev–Trinajstić information content (AvgIpc) is 2.39. The van der Waals surface area contributed by atoms with Gasteiger partial charge in [0.05, 0.1) is 0 Å². The molecule has 0 aliphatic rings. The van der Waals surface area contributed by atoms with Gasteiger partial charge < -0.3 is 4.90 Å². The van der Waals surface area contributed by atoms with Crippen molar-refractivity contribution < 1.29 is 4.79 Å². The van der Waals surface area contributed by atoms with Crippen LogP contribution in [0.4, 0.5) is 0 Å². The van der Waals surface area contributed by atoms with Gasteiger partial charge in [0, 0.05) is 23.1 Å². The third kappa shape index (κ3) is 4.81. The third-order valence-corrected chi connectivity index (χ3v) is 3.47. The van der Waals surface area contributed by atoms with E-state index in [2.05, 4.69) is 29.8 Å². The van der Waals surface area contributed by atoms with Crippen molar-refractivity contribution in [2.45, 2.75) is 39.5 Å². The average molecular weight is 312 g/mol. The molecule has 0 spiro atoms. The highest BCUT2D eigenvalue weighted by molar-refractivity contribution is 9.10. The van der Waals surface area contributed by atoms with Gasteiger partial charge in [-0.05, 0) is 37.1 Å². The van der Waals surface area contributed by atoms with E-state index in [1.807, 2.05) is 29.2 Å². The van der Waals surface area contributed by atoms with Crippen LogP contribution in [0.5, 0.6) is 0 Å². The largest absolute Gasteiger partial charge is 0.339 e. The number of carbonyl (C=O) groups is 1. The highest BCUT2D eigenvalue weighted by Crippen LogP contribution is 2.13. The molecule has 1 aromatic rings. The maximum Gasteiger partial charge on any atom is 0.253 e. The minimum Gasteiger partial charge on any atom is -0.339 e. The Balaban J connectivity index is 2.70. The molecule has 0 atom stereocenters. The van der Waals surface area contributed by atoms with Crippen LogP contribution in [0.25, 0.3) is 0 Å². The highest BCUT2D eigenvalue weighted by atomic mass is 79.9. The van der Waals surface area contributed by atoms with E-state index in [0.717, 1.165) is 48.8 Å². The Kier molecular flexibility index (Phi) is 7.02. The van der Waals surface area contributed by atoms with Gasteiger partial charge in [0.2, 0.25) is 0 Å². The second-order valence-corrected chi connectivity index (χ2v) is 5.42. The zero-order chi connectivity index (χ0) is 13.4. The Labute approximate surface area is 119 Å². The van der Waals surface area contributed by atoms with Gasteiger partial charge in [0.15, 0.2) is 0 Å². The molecule has 18 heavy (non-hydrogen) atoms. The lowest BCUT2D eigenvalue weighted by atomic mass is 10.1. The number of unbranched alkanes of at least 4 members (excludes halogenated alkanes) is 2. The summed E-state index contributed by atoms with van der Waals surface area (Å²) in [6.45, 7) is 6.04. The fourth-order valence-electron chi connectivity index (χ4n) is 1.79. The minimum absolute atomic E-state index is 0.157. The van der Waals surface area contributed by atoms with Crippen LogP contribution in [0.3, 0.4) is 0 Å². The number of halogens is 1. The summed E-state index contributed by atoms with van der Waals surface area (Å²) in [5.74, 6) is 0.157. The van der Waals surface area contributed by atoms with Crippen LogP contribution in [-0.4, -0.2) is 23.9 Å². The van der Waals surface area contributed by atoms with E-state index in [-0.39, 0.29) is 5.91 Å². The molecule has 0 radical (unpaired) electrons. The van der Waals surface area contributed by atoms with Gasteiger partial charge in [-0.25, -0.2) is 0 Å². The van der Waals surface area contributed by atoms with Crippen LogP contribution in [0.15, 0.2) is 28.7 Å². The molecule has 0 unspecified atom stereocenters. The van der Waals surface area contributed by atoms with Gasteiger partial charge in [-0.15, -0.1) is 0 Å². The molecule has 2 nitrogen and oxygen atoms in total. The number of hydrogen-bond acceptors (Lipinski definition) is 1. The van der Waals surface area contributed by atoms with E-state index >= 15 is 0 Å². The maximum absolute atomic E-state index is 12.4. The summed E-state index contributed by atoms with van der Waals surface area (Å²) in [6, 6.07) is 7.62. The van der Waals surface area contributed by atoms with Crippen LogP contribution in [0, 0.1) is 0 Å². The molecular formula is C15H22BrNO. The second-order valence-electron chi connectivity index (χ2n) is 4.51. The smallest absolute Gasteiger partial charge is 0.253 e. The number of benzene rings is 1. The molecule has 0 aliphatic carbocycles. The molecule has 100 valence electrons. The molecule has 0 heterocycles. The first kappa shape index (κ1) is 15.2. The van der Waals surface area contributed by atoms with Crippen LogP contribution in [0.2, 0.25) is 0 Å². The summed E-state index contributed by atoms with van der Waals surface area (Å²) in [5.41, 5.74) is 0.783. The second kappa shape index (κ2) is 8.30. The molecule has 0 fully saturated rings. The normalized spacial score (nSPS) is 10.4. The Hall–Kier alpha value is -0.830. The first-order valence-electron chi connectivity index (χ1n) is 6.73. The molecule has 0 aliphatic heterocycles. The van der Waals surface area contributed by atoms with Gasteiger partial charge >= 0.3 is 0 Å². The van der Waals surface area contributed by atoms with Crippen molar-refractivity contribution in [2.75, 3.05) is 13.1 Å². The zero-order valence-electron chi connectivity index (χ0n) is 11.3. The fourth-order valence-corrected chi connectivity index (χ4v) is 2.05. The lowest BCUT2D eigenvalue weighted by Crippen LogP contribution is -2.32. The topological polar surface area (TPSA) is 20.3 Å². The number of rotatable bonds is 7. The molecule has 1 rings (SSSR count). The number of hydrogen-bond donors (Lipinski definition) is 0. The fraction of sp³-hybridized carbons (Fsp3) is 0.533. The van der Waals surface area contributed by atoms with Crippen molar-refractivity contribution in [3.05, 3.63) is 34.3 Å². The molecule has 0 saturated heterocycles. The molecule has 0 N–H and O–H groups in total. The predicted octanol–water partition coefficient (Wildman–Crippen LogP) is 4.49. The molecule has 1 aromatic carbocycles. The van der Waals surface area contributed by atoms with E-state index in [1.54, 1.807) is 0 Å². The Morgan fingerprint density at radius 1 is 1.06 bits per heavy atom. The first-order valence-corrected chi connectivity index (χ1v) is 7.53. The van der Waals surface area contributed by atoms with Gasteiger partial charge in [-0.1, -0.05) is 42.6 Å². The maximum atomic E-state index is 12.4. The molecule has 3 heteroatoms. The van der Waals surface area contributed by atoms with Crippen LogP contribution in [0.1, 0.15) is 49.9 Å². The molecule has 1 amide bonds. The van der Waals surface area contributed by atoms with Gasteiger partial charge in [0.1, 0.15) is 0 Å². The third-order valence-electron chi connectivity index (χ3n) is 2.94. The summed E-state index contributed by atoms with van der Waals surface area (Å²) in [6.07, 6.45) is 4.39. The standard InChI is InChI=1S/C15H22BrNO/c1-3-5-11-17(12-6-4-2)15(18)13-7-9-14(16)10-8-13/h7-10H,3-6,11-12H2,1-2H3. The number of carbonyl (C=O) groups excluding carboxylic acids is 1. The van der Waals surface area contributed by atoms with E-state index in [9.17, 15) is 4.79 Å². The number of amides is 1. The highest BCUT2D eigenvalue weighted by Gasteiger charge is 2.14. The van der Waals surface area contributed by atoms with Crippen molar-refractivity contribution in [3.8, 4) is 0 Å². The van der Waals surface area contributed by atoms with Crippen molar-refractivity contribution >= 4 is 21.8 Å². The van der Waals surface area contributed by atoms with Crippen molar-refractivity contribution in [2.24, 2.45) is 0 Å². The van der Waals surface area contributed by atoms with Crippen LogP contribution < -0.4 is 0 Å². The van der Waals surface area contributed by atoms with Crippen molar-refractivity contribution in [1.29, 1.82) is 0 Å². The van der Waals surface area contributed by atoms with Crippen LogP contribution in [-0.2, 0) is 0 Å². The Morgan fingerprint density at radius 3 is 2.00 bits per heavy atom. The quantitative estimate of drug-likeness (QED) is 0.726. The molecule has 0 saturated carbocycles. The summed E-state index contributed by atoms with van der Waals surface area (Å²) in [4.78, 5) is 14.4. The van der Waals surface area contributed by atoms with Crippen molar-refractivity contribution in [3.63, 3.8) is 0 Å². The van der Waals surface area contributed by atoms with E-state index in [0.29, 0.717) is 0 Å². The van der Waals surface area contributed by atoms with E-state index < -0.39 is 0 Å². The zero-order valence-corrected chi connectivity index (χ0v) is 12.9. The van der Waals surface area contributed by atoms with Gasteiger partial charge in [0.25, 0.3) is 5.91 Å². The minimum atomic E-state index is 0.157. The van der Waals surface area contributed by atoms with Gasteiger partial charge in [-0.3, -0.25) is 4.79 Å². The monoisotopic (exact) mass is 311 g/mol. The van der Waals surface area contributed by atoms with Gasteiger partial charge in [-0.2, -0.15) is 0 Å². The molecular weight excluding hydrogens is 290 g/mol. The van der Waals surface area contributed by atoms with E-state index in [4.69, 9.17) is 0 Å². The molecule has 0 bridgehead atoms. The van der Waals surface area contributed by atoms with E-state index in [1.165, 1.54) is 0 Å². The van der Waals surface area contributed by atoms with Crippen molar-refractivity contribution in [1.82, 2.24) is 4.90 Å². The predicted molar refractivity (Wildman–Crippen MR) is 79.9 cm³/mol. The lowest BCUT2D eigenvalue weighted by Gasteiger charge is -2.22. The van der Waals surface area contributed by atoms with Crippen LogP contribution >= 0.6 is 15.9 Å². The summed E-state index contributed by atoms with van der Waals surface area (Å²) >= 11 is 3.39. The molecule has 0 aromatic heterocycles. The summed E-state index contributed by atoms with van der Waals surface area (Å²) in [7, 11) is 0. The Bertz CT molecular complexity index is 353. The summed E-state index contributed by atoms with van der Waals surface area (Å²) in [5, 5.41) is 0.